The lowest BCUT2D eigenvalue weighted by Gasteiger charge is -2.16. The second-order valence-corrected chi connectivity index (χ2v) is 17.4. The van der Waals surface area contributed by atoms with Gasteiger partial charge in [-0.1, -0.05) is 23.4 Å². The van der Waals surface area contributed by atoms with E-state index >= 15 is 0 Å². The maximum Gasteiger partial charge on any atom is 0.354 e. The summed E-state index contributed by atoms with van der Waals surface area (Å²) in [6.45, 7) is 1.04. The summed E-state index contributed by atoms with van der Waals surface area (Å²) in [6.07, 6.45) is 8.96. The Hall–Kier alpha value is -5.84. The molecule has 2 aliphatic heterocycles. The minimum atomic E-state index is -3.72. The topological polar surface area (TPSA) is 251 Å². The second-order valence-electron chi connectivity index (χ2n) is 14.4. The van der Waals surface area contributed by atoms with Crippen LogP contribution in [0.2, 0.25) is 0 Å². The first kappa shape index (κ1) is 40.4. The molecule has 4 aromatic rings. The number of benzene rings is 2. The molecule has 7 rings (SSSR count). The Bertz CT molecular complexity index is 2390. The molecule has 2 saturated heterocycles. The van der Waals surface area contributed by atoms with Gasteiger partial charge in [0.2, 0.25) is 11.8 Å². The minimum absolute atomic E-state index is 0.00325. The van der Waals surface area contributed by atoms with Gasteiger partial charge < -0.3 is 26.6 Å². The number of hydrogen-bond donors (Lipinski definition) is 6. The van der Waals surface area contributed by atoms with Gasteiger partial charge in [0.1, 0.15) is 21.7 Å². The summed E-state index contributed by atoms with van der Waals surface area (Å²) in [7, 11) is -3.72. The number of fused-ring (bicyclic) bond motifs is 2. The van der Waals surface area contributed by atoms with E-state index in [9.17, 15) is 28.6 Å². The maximum atomic E-state index is 13.6. The van der Waals surface area contributed by atoms with Crippen LogP contribution in [0.25, 0.3) is 11.1 Å². The molecule has 0 radical (unpaired) electrons. The number of carbonyl (C=O) groups excluding carboxylic acids is 4. The number of nitrogens with two attached hydrogens (primary N) is 1. The van der Waals surface area contributed by atoms with Gasteiger partial charge in [0.15, 0.2) is 0 Å². The standard InChI is InChI=1S/C39H44N12O5S2/c40-21-28-19-25(15-17-42-28)31-13-11-24-5-1-8-30(24)36(31)46-39(55)49-58(41,56)29-7-2-6-26(20-29)44-35(53)14-12-27-22-51(50-48-27)18-4-16-43-34(52)10-3-9-33-37-32(23-57-33)45-38(54)47-37/h2,6-7,11,13,15,17,19-20,22,32-33,37H,1,3-5,8-10,12,14,16,18,23H2,(H,43,52)(H,44,53)(H2,45,47,54)(H3,41,46,49,55,56)/t32-,33?,37-,58?/m0/s1. The van der Waals surface area contributed by atoms with Crippen molar-refractivity contribution in [2.75, 3.05) is 22.9 Å². The fourth-order valence-electron chi connectivity index (χ4n) is 7.46. The van der Waals surface area contributed by atoms with Gasteiger partial charge in [0.25, 0.3) is 0 Å². The zero-order chi connectivity index (χ0) is 40.6. The molecular weight excluding hydrogens is 781 g/mol. The van der Waals surface area contributed by atoms with E-state index in [1.165, 1.54) is 18.3 Å². The summed E-state index contributed by atoms with van der Waals surface area (Å²) < 4.78 is 19.1. The molecule has 2 fully saturated rings. The van der Waals surface area contributed by atoms with E-state index in [-0.39, 0.29) is 46.9 Å². The highest BCUT2D eigenvalue weighted by Crippen LogP contribution is 2.38. The Labute approximate surface area is 340 Å². The number of amides is 6. The van der Waals surface area contributed by atoms with Crippen LogP contribution in [0.1, 0.15) is 61.0 Å². The second kappa shape index (κ2) is 18.2. The molecule has 0 saturated carbocycles. The highest BCUT2D eigenvalue weighted by Gasteiger charge is 2.42. The van der Waals surface area contributed by atoms with E-state index in [4.69, 9.17) is 5.14 Å². The third-order valence-corrected chi connectivity index (χ3v) is 13.2. The van der Waals surface area contributed by atoms with E-state index in [0.29, 0.717) is 65.8 Å². The Kier molecular flexibility index (Phi) is 12.6. The predicted octanol–water partition coefficient (Wildman–Crippen LogP) is 4.05. The van der Waals surface area contributed by atoms with E-state index in [1.807, 2.05) is 30.0 Å². The fraction of sp³-hybridized carbons (Fsp3) is 0.385. The number of aromatic nitrogens is 4. The number of aryl methyl sites for hydroxylation is 3. The summed E-state index contributed by atoms with van der Waals surface area (Å²) in [5, 5.41) is 38.6. The Morgan fingerprint density at radius 2 is 1.95 bits per heavy atom. The number of hydrogen-bond acceptors (Lipinski definition) is 10. The molecule has 58 heavy (non-hydrogen) atoms. The molecule has 6 amide bonds. The Morgan fingerprint density at radius 3 is 2.81 bits per heavy atom. The van der Waals surface area contributed by atoms with Crippen molar-refractivity contribution in [2.24, 2.45) is 9.50 Å². The quantitative estimate of drug-likeness (QED) is 0.0741. The summed E-state index contributed by atoms with van der Waals surface area (Å²) in [4.78, 5) is 54.2. The van der Waals surface area contributed by atoms with Crippen LogP contribution >= 0.6 is 11.8 Å². The third-order valence-electron chi connectivity index (χ3n) is 10.3. The van der Waals surface area contributed by atoms with Crippen molar-refractivity contribution in [2.45, 2.75) is 86.6 Å². The largest absolute Gasteiger partial charge is 0.356 e. The molecule has 2 unspecified atom stereocenters. The molecule has 2 aromatic heterocycles. The number of thioether (sulfide) groups is 1. The van der Waals surface area contributed by atoms with Crippen LogP contribution < -0.4 is 31.7 Å². The fourth-order valence-corrected chi connectivity index (χ4v) is 9.97. The van der Waals surface area contributed by atoms with Gasteiger partial charge >= 0.3 is 12.1 Å². The van der Waals surface area contributed by atoms with Gasteiger partial charge in [-0.15, -0.1) is 9.46 Å². The van der Waals surface area contributed by atoms with Crippen molar-refractivity contribution in [3.8, 4) is 17.2 Å². The molecule has 0 bridgehead atoms. The minimum Gasteiger partial charge on any atom is -0.356 e. The lowest BCUT2D eigenvalue weighted by molar-refractivity contribution is -0.121. The lowest BCUT2D eigenvalue weighted by Crippen LogP contribution is -2.37. The van der Waals surface area contributed by atoms with E-state index < -0.39 is 15.9 Å². The zero-order valence-electron chi connectivity index (χ0n) is 31.6. The van der Waals surface area contributed by atoms with Crippen LogP contribution in [0.15, 0.2) is 70.2 Å². The molecular formula is C39H44N12O5S2. The van der Waals surface area contributed by atoms with Crippen LogP contribution in [0.5, 0.6) is 0 Å². The normalized spacial score (nSPS) is 18.8. The van der Waals surface area contributed by atoms with E-state index in [2.05, 4.69) is 46.2 Å². The van der Waals surface area contributed by atoms with Crippen LogP contribution in [0.4, 0.5) is 21.0 Å². The SMILES string of the molecule is N#Cc1cc(-c2ccc3c(c2NC(=O)N=S(N)(=O)c2cccc(NC(=O)CCc4cn(CCCNC(=O)CCCC5SC[C@@H]6NC(=O)N[C@H]56)nn4)c2)CCC3)ccn1. The maximum absolute atomic E-state index is 13.6. The smallest absolute Gasteiger partial charge is 0.354 e. The average Bonchev–Trinajstić information content (AvgIpc) is 4.02. The molecule has 302 valence electrons. The Balaban J connectivity index is 0.860. The molecule has 4 heterocycles. The number of rotatable bonds is 15. The average molecular weight is 825 g/mol. The van der Waals surface area contributed by atoms with Crippen LogP contribution in [0, 0.1) is 11.3 Å². The summed E-state index contributed by atoms with van der Waals surface area (Å²) >= 11 is 1.84. The molecule has 0 spiro atoms. The Morgan fingerprint density at radius 1 is 1.07 bits per heavy atom. The molecule has 19 heteroatoms. The predicted molar refractivity (Wildman–Crippen MR) is 219 cm³/mol. The van der Waals surface area contributed by atoms with Crippen molar-refractivity contribution < 1.29 is 23.4 Å². The van der Waals surface area contributed by atoms with Crippen molar-refractivity contribution in [1.29, 1.82) is 5.26 Å². The summed E-state index contributed by atoms with van der Waals surface area (Å²) in [5.74, 6) is 0.579. The molecule has 1 aliphatic carbocycles. The first-order chi connectivity index (χ1) is 28.0. The first-order valence-corrected chi connectivity index (χ1v) is 21.8. The number of urea groups is 2. The van der Waals surface area contributed by atoms with Gasteiger partial charge in [-0.05, 0) is 85.5 Å². The third kappa shape index (κ3) is 9.99. The molecule has 4 atom stereocenters. The zero-order valence-corrected chi connectivity index (χ0v) is 33.2. The van der Waals surface area contributed by atoms with E-state index in [0.717, 1.165) is 49.0 Å². The monoisotopic (exact) mass is 824 g/mol. The highest BCUT2D eigenvalue weighted by atomic mass is 32.2. The number of carbonyl (C=O) groups is 4. The molecule has 2 aromatic carbocycles. The number of nitrogens with zero attached hydrogens (tertiary/aromatic N) is 6. The van der Waals surface area contributed by atoms with Crippen LogP contribution in [-0.4, -0.2) is 77.7 Å². The van der Waals surface area contributed by atoms with Crippen LogP contribution in [0.3, 0.4) is 0 Å². The summed E-state index contributed by atoms with van der Waals surface area (Å²) in [5.41, 5.74) is 5.14. The molecule has 7 N–H and O–H groups in total. The van der Waals surface area contributed by atoms with Gasteiger partial charge in [-0.3, -0.25) is 14.3 Å². The number of anilines is 2. The van der Waals surface area contributed by atoms with Gasteiger partial charge in [-0.25, -0.2) is 23.9 Å². The van der Waals surface area contributed by atoms with Crippen molar-refractivity contribution in [1.82, 2.24) is 35.9 Å². The number of nitrogens with one attached hydrogen (secondary N) is 5. The number of pyridine rings is 1. The van der Waals surface area contributed by atoms with Gasteiger partial charge in [-0.2, -0.15) is 17.0 Å². The first-order valence-electron chi connectivity index (χ1n) is 19.2. The van der Waals surface area contributed by atoms with Crippen molar-refractivity contribution >= 4 is 56.9 Å². The highest BCUT2D eigenvalue weighted by molar-refractivity contribution is 8.00. The molecule has 3 aliphatic rings. The summed E-state index contributed by atoms with van der Waals surface area (Å²) in [6, 6.07) is 14.7. The lowest BCUT2D eigenvalue weighted by atomic mass is 9.97. The van der Waals surface area contributed by atoms with E-state index in [1.54, 1.807) is 35.1 Å². The van der Waals surface area contributed by atoms with Gasteiger partial charge in [0, 0.05) is 67.0 Å². The van der Waals surface area contributed by atoms with Crippen molar-refractivity contribution in [3.63, 3.8) is 0 Å². The molecule has 17 nitrogen and oxygen atoms in total. The number of nitriles is 1. The van der Waals surface area contributed by atoms with Gasteiger partial charge in [0.05, 0.1) is 28.4 Å². The van der Waals surface area contributed by atoms with Crippen molar-refractivity contribution in [3.05, 3.63) is 83.4 Å². The van der Waals surface area contributed by atoms with Crippen LogP contribution in [-0.2, 0) is 45.3 Å².